The molecule has 0 aliphatic carbocycles. The topological polar surface area (TPSA) is 100 Å². The van der Waals surface area contributed by atoms with Gasteiger partial charge >= 0.3 is 6.09 Å². The fourth-order valence-electron chi connectivity index (χ4n) is 2.90. The lowest BCUT2D eigenvalue weighted by atomic mass is 10.2. The number of morpholine rings is 1. The molecule has 0 saturated carbocycles. The minimum Gasteiger partial charge on any atom is -0.469 e. The SMILES string of the molecule is CC(C)(C)OC(=O)NCCNC(=NCCCN1CCOCC1)NCCc1ccco1. The van der Waals surface area contributed by atoms with Crippen molar-refractivity contribution >= 4 is 12.1 Å². The number of aliphatic imine (C=N–C) groups is 1. The van der Waals surface area contributed by atoms with Gasteiger partial charge in [0.25, 0.3) is 0 Å². The Morgan fingerprint density at radius 2 is 1.90 bits per heavy atom. The van der Waals surface area contributed by atoms with E-state index in [0.717, 1.165) is 64.0 Å². The minimum atomic E-state index is -0.502. The van der Waals surface area contributed by atoms with Crippen LogP contribution in [0.2, 0.25) is 0 Å². The van der Waals surface area contributed by atoms with E-state index >= 15 is 0 Å². The second-order valence-corrected chi connectivity index (χ2v) is 8.15. The van der Waals surface area contributed by atoms with Crippen LogP contribution in [0.15, 0.2) is 27.8 Å². The van der Waals surface area contributed by atoms with E-state index in [-0.39, 0.29) is 0 Å². The summed E-state index contributed by atoms with van der Waals surface area (Å²) >= 11 is 0. The summed E-state index contributed by atoms with van der Waals surface area (Å²) in [6, 6.07) is 3.84. The second kappa shape index (κ2) is 13.1. The van der Waals surface area contributed by atoms with Crippen LogP contribution in [0.1, 0.15) is 33.0 Å². The number of furan rings is 1. The number of nitrogens with one attached hydrogen (secondary N) is 3. The molecule has 0 aromatic carbocycles. The molecule has 9 heteroatoms. The van der Waals surface area contributed by atoms with Crippen molar-refractivity contribution < 1.29 is 18.7 Å². The molecular weight excluding hydrogens is 386 g/mol. The van der Waals surface area contributed by atoms with E-state index in [0.29, 0.717) is 19.6 Å². The van der Waals surface area contributed by atoms with Crippen molar-refractivity contribution in [1.29, 1.82) is 0 Å². The van der Waals surface area contributed by atoms with Crippen molar-refractivity contribution in [3.05, 3.63) is 24.2 Å². The third kappa shape index (κ3) is 11.1. The van der Waals surface area contributed by atoms with Crippen molar-refractivity contribution in [2.45, 2.75) is 39.2 Å². The Labute approximate surface area is 179 Å². The molecular formula is C21H37N5O4. The van der Waals surface area contributed by atoms with E-state index in [1.54, 1.807) is 6.26 Å². The zero-order chi connectivity index (χ0) is 21.7. The van der Waals surface area contributed by atoms with Crippen molar-refractivity contribution in [2.75, 3.05) is 59.0 Å². The second-order valence-electron chi connectivity index (χ2n) is 8.15. The highest BCUT2D eigenvalue weighted by Crippen LogP contribution is 2.06. The van der Waals surface area contributed by atoms with Gasteiger partial charge in [0.05, 0.1) is 19.5 Å². The van der Waals surface area contributed by atoms with Gasteiger partial charge in [0, 0.05) is 52.2 Å². The van der Waals surface area contributed by atoms with Crippen molar-refractivity contribution in [1.82, 2.24) is 20.9 Å². The number of amides is 1. The smallest absolute Gasteiger partial charge is 0.407 e. The molecule has 1 saturated heterocycles. The lowest BCUT2D eigenvalue weighted by Gasteiger charge is -2.26. The monoisotopic (exact) mass is 423 g/mol. The van der Waals surface area contributed by atoms with Gasteiger partial charge in [-0.3, -0.25) is 9.89 Å². The predicted molar refractivity (Wildman–Crippen MR) is 117 cm³/mol. The fraction of sp³-hybridized carbons (Fsp3) is 0.714. The number of nitrogens with zero attached hydrogens (tertiary/aromatic N) is 2. The molecule has 9 nitrogen and oxygen atoms in total. The Hall–Kier alpha value is -2.26. The maximum Gasteiger partial charge on any atom is 0.407 e. The lowest BCUT2D eigenvalue weighted by Crippen LogP contribution is -2.43. The first-order chi connectivity index (χ1) is 14.4. The summed E-state index contributed by atoms with van der Waals surface area (Å²) in [5.41, 5.74) is -0.502. The van der Waals surface area contributed by atoms with Crippen LogP contribution in [0.3, 0.4) is 0 Å². The molecule has 3 N–H and O–H groups in total. The summed E-state index contributed by atoms with van der Waals surface area (Å²) in [6.07, 6.45) is 3.02. The van der Waals surface area contributed by atoms with Gasteiger partial charge in [-0.1, -0.05) is 0 Å². The third-order valence-electron chi connectivity index (χ3n) is 4.34. The Kier molecular flexibility index (Phi) is 10.5. The fourth-order valence-corrected chi connectivity index (χ4v) is 2.90. The molecule has 1 aliphatic rings. The quantitative estimate of drug-likeness (QED) is 0.299. The van der Waals surface area contributed by atoms with E-state index in [4.69, 9.17) is 13.9 Å². The molecule has 0 spiro atoms. The highest BCUT2D eigenvalue weighted by molar-refractivity contribution is 5.79. The third-order valence-corrected chi connectivity index (χ3v) is 4.34. The van der Waals surface area contributed by atoms with Gasteiger partial charge in [-0.25, -0.2) is 4.79 Å². The molecule has 170 valence electrons. The molecule has 1 aliphatic heterocycles. The number of rotatable bonds is 10. The number of ether oxygens (including phenoxy) is 2. The molecule has 2 rings (SSSR count). The zero-order valence-electron chi connectivity index (χ0n) is 18.5. The van der Waals surface area contributed by atoms with Crippen LogP contribution in [0.5, 0.6) is 0 Å². The van der Waals surface area contributed by atoms with E-state index in [1.807, 2.05) is 32.9 Å². The van der Waals surface area contributed by atoms with Crippen LogP contribution < -0.4 is 16.0 Å². The van der Waals surface area contributed by atoms with E-state index < -0.39 is 11.7 Å². The van der Waals surface area contributed by atoms with Crippen molar-refractivity contribution in [3.63, 3.8) is 0 Å². The van der Waals surface area contributed by atoms with E-state index in [9.17, 15) is 4.79 Å². The highest BCUT2D eigenvalue weighted by atomic mass is 16.6. The van der Waals surface area contributed by atoms with Gasteiger partial charge in [0.15, 0.2) is 5.96 Å². The molecule has 0 unspecified atom stereocenters. The average Bonchev–Trinajstić information content (AvgIpc) is 3.21. The van der Waals surface area contributed by atoms with Gasteiger partial charge in [0.2, 0.25) is 0 Å². The summed E-state index contributed by atoms with van der Waals surface area (Å²) in [5, 5.41) is 9.33. The highest BCUT2D eigenvalue weighted by Gasteiger charge is 2.15. The van der Waals surface area contributed by atoms with Gasteiger partial charge in [-0.15, -0.1) is 0 Å². The van der Waals surface area contributed by atoms with Crippen molar-refractivity contribution in [3.8, 4) is 0 Å². The van der Waals surface area contributed by atoms with E-state index in [2.05, 4.69) is 25.8 Å². The Morgan fingerprint density at radius 1 is 1.17 bits per heavy atom. The first-order valence-corrected chi connectivity index (χ1v) is 10.7. The number of carbonyl (C=O) groups excluding carboxylic acids is 1. The van der Waals surface area contributed by atoms with Gasteiger partial charge in [0.1, 0.15) is 11.4 Å². The Morgan fingerprint density at radius 3 is 2.60 bits per heavy atom. The molecule has 0 bridgehead atoms. The Balaban J connectivity index is 1.70. The van der Waals surface area contributed by atoms with Crippen LogP contribution in [0.25, 0.3) is 0 Å². The summed E-state index contributed by atoms with van der Waals surface area (Å²) in [6.45, 7) is 12.6. The minimum absolute atomic E-state index is 0.418. The van der Waals surface area contributed by atoms with Crippen LogP contribution in [0, 0.1) is 0 Å². The largest absolute Gasteiger partial charge is 0.469 e. The molecule has 1 fully saturated rings. The first-order valence-electron chi connectivity index (χ1n) is 10.7. The van der Waals surface area contributed by atoms with Crippen LogP contribution in [-0.2, 0) is 15.9 Å². The zero-order valence-corrected chi connectivity index (χ0v) is 18.5. The van der Waals surface area contributed by atoms with Crippen LogP contribution in [-0.4, -0.2) is 81.6 Å². The van der Waals surface area contributed by atoms with Crippen LogP contribution >= 0.6 is 0 Å². The van der Waals surface area contributed by atoms with Gasteiger partial charge < -0.3 is 29.8 Å². The first kappa shape index (κ1) is 24.0. The van der Waals surface area contributed by atoms with Gasteiger partial charge in [-0.2, -0.15) is 0 Å². The number of carbonyl (C=O) groups is 1. The number of hydrogen-bond donors (Lipinski definition) is 3. The average molecular weight is 424 g/mol. The standard InChI is InChI=1S/C21H37N5O4/c1-21(2,3)30-20(27)25-11-10-24-19(23-9-7-18-6-4-15-29-18)22-8-5-12-26-13-16-28-17-14-26/h4,6,15H,5,7-14,16-17H2,1-3H3,(H,25,27)(H2,22,23,24). The number of guanidine groups is 1. The van der Waals surface area contributed by atoms with Gasteiger partial charge in [-0.05, 0) is 39.3 Å². The van der Waals surface area contributed by atoms with E-state index in [1.165, 1.54) is 0 Å². The maximum atomic E-state index is 11.7. The molecule has 1 amide bonds. The molecule has 1 aromatic rings. The molecule has 0 atom stereocenters. The number of hydrogen-bond acceptors (Lipinski definition) is 6. The predicted octanol–water partition coefficient (Wildman–Crippen LogP) is 1.60. The molecule has 30 heavy (non-hydrogen) atoms. The lowest BCUT2D eigenvalue weighted by molar-refractivity contribution is 0.0377. The van der Waals surface area contributed by atoms with Crippen LogP contribution in [0.4, 0.5) is 4.79 Å². The van der Waals surface area contributed by atoms with Crippen molar-refractivity contribution in [2.24, 2.45) is 4.99 Å². The summed E-state index contributed by atoms with van der Waals surface area (Å²) in [4.78, 5) is 18.8. The molecule has 0 radical (unpaired) electrons. The normalized spacial score (nSPS) is 15.6. The molecule has 2 heterocycles. The Bertz CT molecular complexity index is 622. The summed E-state index contributed by atoms with van der Waals surface area (Å²) < 4.78 is 16.0. The molecule has 1 aromatic heterocycles. The maximum absolute atomic E-state index is 11.7. The number of alkyl carbamates (subject to hydrolysis) is 1. The summed E-state index contributed by atoms with van der Waals surface area (Å²) in [7, 11) is 0. The summed E-state index contributed by atoms with van der Waals surface area (Å²) in [5.74, 6) is 1.66.